The summed E-state index contributed by atoms with van der Waals surface area (Å²) < 4.78 is 38.3. The zero-order chi connectivity index (χ0) is 28.8. The van der Waals surface area contributed by atoms with Gasteiger partial charge < -0.3 is 9.64 Å². The Morgan fingerprint density at radius 2 is 1.36 bits per heavy atom. The number of esters is 1. The molecule has 7 heteroatoms. The van der Waals surface area contributed by atoms with Gasteiger partial charge in [-0.15, -0.1) is 0 Å². The Morgan fingerprint density at radius 1 is 0.872 bits per heavy atom. The van der Waals surface area contributed by atoms with Crippen molar-refractivity contribution in [1.82, 2.24) is 4.90 Å². The second-order valence-electron chi connectivity index (χ2n) is 10.9. The van der Waals surface area contributed by atoms with Gasteiger partial charge in [0.2, 0.25) is 0 Å². The van der Waals surface area contributed by atoms with Crippen LogP contribution in [0, 0.1) is 0 Å². The van der Waals surface area contributed by atoms with E-state index in [4.69, 9.17) is 4.74 Å². The minimum atomic E-state index is -4.19. The predicted molar refractivity (Wildman–Crippen MR) is 162 cm³/mol. The molecule has 1 unspecified atom stereocenters. The fourth-order valence-corrected chi connectivity index (χ4v) is 5.83. The quantitative estimate of drug-likeness (QED) is 0.0732. The molecule has 39 heavy (non-hydrogen) atoms. The lowest BCUT2D eigenvalue weighted by Crippen LogP contribution is -2.42. The highest BCUT2D eigenvalue weighted by atomic mass is 32.2. The minimum absolute atomic E-state index is 0.154. The maximum absolute atomic E-state index is 12.2. The molecule has 0 bridgehead atoms. The van der Waals surface area contributed by atoms with Crippen molar-refractivity contribution < 1.29 is 22.5 Å². The molecule has 1 atom stereocenters. The number of carbonyl (C=O) groups excluding carboxylic acids is 1. The normalized spacial score (nSPS) is 12.3. The van der Waals surface area contributed by atoms with E-state index < -0.39 is 21.9 Å². The highest BCUT2D eigenvalue weighted by Crippen LogP contribution is 2.16. The van der Waals surface area contributed by atoms with Crippen molar-refractivity contribution in [2.75, 3.05) is 18.9 Å². The van der Waals surface area contributed by atoms with Crippen LogP contribution in [-0.2, 0) is 26.1 Å². The van der Waals surface area contributed by atoms with Crippen LogP contribution >= 0.6 is 0 Å². The Morgan fingerprint density at radius 3 is 1.82 bits per heavy atom. The zero-order valence-electron chi connectivity index (χ0n) is 24.7. The number of rotatable bonds is 25. The van der Waals surface area contributed by atoms with Crippen molar-refractivity contribution in [2.45, 2.75) is 129 Å². The molecule has 0 fully saturated rings. The molecule has 0 amide bonds. The summed E-state index contributed by atoms with van der Waals surface area (Å²) in [7, 11) is -4.19. The van der Waals surface area contributed by atoms with Gasteiger partial charge in [0.1, 0.15) is 6.61 Å². The van der Waals surface area contributed by atoms with E-state index in [2.05, 4.69) is 13.5 Å². The van der Waals surface area contributed by atoms with E-state index in [9.17, 15) is 17.8 Å². The first-order valence-electron chi connectivity index (χ1n) is 15.3. The van der Waals surface area contributed by atoms with Crippen molar-refractivity contribution >= 4 is 16.1 Å². The summed E-state index contributed by atoms with van der Waals surface area (Å²) in [6.07, 6.45) is 20.1. The van der Waals surface area contributed by atoms with Crippen LogP contribution in [0.5, 0.6) is 0 Å². The van der Waals surface area contributed by atoms with Gasteiger partial charge in [-0.3, -0.25) is 9.35 Å². The molecule has 0 spiro atoms. The average Bonchev–Trinajstić information content (AvgIpc) is 2.88. The standard InChI is InChI=1S/C32H55NO5S/c1-4-5-6-7-8-9-10-11-12-13-14-15-16-17-21-24-32(34)38-26-25-33(29(2)3)31(28-39(35,36)37)27-30-22-19-18-20-23-30/h18-20,22-23,31H,2,4-17,21,24-28H2,1,3H3,(H,35,36,37). The SMILES string of the molecule is C=C(C)N(CCOC(=O)CCCCCCCCCCCCCCCCC)C(Cc1ccccc1)CS(=O)(=O)O. The van der Waals surface area contributed by atoms with Gasteiger partial charge in [0.05, 0.1) is 12.3 Å². The summed E-state index contributed by atoms with van der Waals surface area (Å²) in [6, 6.07) is 9.02. The van der Waals surface area contributed by atoms with Crippen LogP contribution in [0.3, 0.4) is 0 Å². The van der Waals surface area contributed by atoms with E-state index in [1.54, 1.807) is 6.92 Å². The van der Waals surface area contributed by atoms with Crippen molar-refractivity contribution in [3.63, 3.8) is 0 Å². The first-order valence-corrected chi connectivity index (χ1v) is 16.9. The van der Waals surface area contributed by atoms with Crippen molar-refractivity contribution in [1.29, 1.82) is 0 Å². The molecule has 0 aromatic heterocycles. The summed E-state index contributed by atoms with van der Waals surface area (Å²) in [6.45, 7) is 8.51. The predicted octanol–water partition coefficient (Wildman–Crippen LogP) is 8.13. The van der Waals surface area contributed by atoms with Gasteiger partial charge in [0, 0.05) is 18.2 Å². The van der Waals surface area contributed by atoms with Gasteiger partial charge in [0.25, 0.3) is 10.1 Å². The number of benzene rings is 1. The summed E-state index contributed by atoms with van der Waals surface area (Å²) in [5.74, 6) is -0.636. The second kappa shape index (κ2) is 21.9. The number of hydrogen-bond donors (Lipinski definition) is 1. The molecule has 6 nitrogen and oxygen atoms in total. The topological polar surface area (TPSA) is 83.9 Å². The average molecular weight is 566 g/mol. The molecule has 0 aliphatic heterocycles. The third kappa shape index (κ3) is 19.8. The van der Waals surface area contributed by atoms with Crippen molar-refractivity contribution in [3.8, 4) is 0 Å². The van der Waals surface area contributed by atoms with E-state index in [1.165, 1.54) is 77.0 Å². The second-order valence-corrected chi connectivity index (χ2v) is 12.4. The van der Waals surface area contributed by atoms with Gasteiger partial charge in [-0.05, 0) is 25.3 Å². The number of carbonyl (C=O) groups is 1. The Labute approximate surface area is 239 Å². The van der Waals surface area contributed by atoms with Crippen LogP contribution < -0.4 is 0 Å². The molecule has 1 aromatic rings. The monoisotopic (exact) mass is 565 g/mol. The van der Waals surface area contributed by atoms with Gasteiger partial charge in [0.15, 0.2) is 0 Å². The van der Waals surface area contributed by atoms with Crippen LogP contribution in [-0.4, -0.2) is 48.8 Å². The van der Waals surface area contributed by atoms with Crippen LogP contribution in [0.2, 0.25) is 0 Å². The van der Waals surface area contributed by atoms with E-state index in [-0.39, 0.29) is 12.6 Å². The number of nitrogens with zero attached hydrogens (tertiary/aromatic N) is 1. The molecule has 0 heterocycles. The highest BCUT2D eigenvalue weighted by molar-refractivity contribution is 7.85. The fourth-order valence-electron chi connectivity index (χ4n) is 5.04. The molecular formula is C32H55NO5S. The van der Waals surface area contributed by atoms with Gasteiger partial charge in [-0.1, -0.05) is 134 Å². The van der Waals surface area contributed by atoms with Crippen LogP contribution in [0.4, 0.5) is 0 Å². The Balaban J connectivity index is 2.18. The Hall–Kier alpha value is -1.86. The lowest BCUT2D eigenvalue weighted by atomic mass is 10.0. The van der Waals surface area contributed by atoms with Gasteiger partial charge >= 0.3 is 5.97 Å². The first kappa shape index (κ1) is 35.2. The number of hydrogen-bond acceptors (Lipinski definition) is 5. The molecule has 0 saturated heterocycles. The summed E-state index contributed by atoms with van der Waals surface area (Å²) in [5, 5.41) is 0. The van der Waals surface area contributed by atoms with Crippen LogP contribution in [0.15, 0.2) is 42.6 Å². The highest BCUT2D eigenvalue weighted by Gasteiger charge is 2.24. The Kier molecular flexibility index (Phi) is 19.7. The summed E-state index contributed by atoms with van der Waals surface area (Å²) >= 11 is 0. The first-order chi connectivity index (χ1) is 18.7. The van der Waals surface area contributed by atoms with E-state index in [0.717, 1.165) is 24.8 Å². The molecule has 0 radical (unpaired) electrons. The molecule has 224 valence electrons. The zero-order valence-corrected chi connectivity index (χ0v) is 25.6. The van der Waals surface area contributed by atoms with Gasteiger partial charge in [-0.2, -0.15) is 8.42 Å². The molecule has 0 aliphatic rings. The molecule has 0 aliphatic carbocycles. The Bertz CT molecular complexity index is 872. The summed E-state index contributed by atoms with van der Waals surface area (Å²) in [4.78, 5) is 14.0. The lowest BCUT2D eigenvalue weighted by molar-refractivity contribution is -0.144. The smallest absolute Gasteiger partial charge is 0.305 e. The molecule has 1 rings (SSSR count). The minimum Gasteiger partial charge on any atom is -0.464 e. The van der Waals surface area contributed by atoms with Gasteiger partial charge in [-0.25, -0.2) is 0 Å². The third-order valence-electron chi connectivity index (χ3n) is 7.23. The van der Waals surface area contributed by atoms with Crippen LogP contribution in [0.1, 0.15) is 122 Å². The maximum Gasteiger partial charge on any atom is 0.305 e. The molecule has 0 saturated carbocycles. The largest absolute Gasteiger partial charge is 0.464 e. The van der Waals surface area contributed by atoms with Crippen molar-refractivity contribution in [3.05, 3.63) is 48.2 Å². The van der Waals surface area contributed by atoms with E-state index in [0.29, 0.717) is 25.1 Å². The molecule has 1 aromatic carbocycles. The lowest BCUT2D eigenvalue weighted by Gasteiger charge is -2.33. The number of ether oxygens (including phenoxy) is 1. The molecule has 1 N–H and O–H groups in total. The number of allylic oxidation sites excluding steroid dienone is 1. The summed E-state index contributed by atoms with van der Waals surface area (Å²) in [5.41, 5.74) is 1.63. The van der Waals surface area contributed by atoms with E-state index >= 15 is 0 Å². The van der Waals surface area contributed by atoms with E-state index in [1.807, 2.05) is 35.2 Å². The fraction of sp³-hybridized carbons (Fsp3) is 0.719. The maximum atomic E-state index is 12.2. The third-order valence-corrected chi connectivity index (χ3v) is 8.03. The number of unbranched alkanes of at least 4 members (excludes halogenated alkanes) is 14. The van der Waals surface area contributed by atoms with Crippen LogP contribution in [0.25, 0.3) is 0 Å². The molecular weight excluding hydrogens is 510 g/mol. The van der Waals surface area contributed by atoms with Crippen molar-refractivity contribution in [2.24, 2.45) is 0 Å².